The van der Waals surface area contributed by atoms with E-state index >= 15 is 0 Å². The van der Waals surface area contributed by atoms with Crippen LogP contribution >= 0.6 is 0 Å². The molecule has 1 heterocycles. The van der Waals surface area contributed by atoms with Crippen molar-refractivity contribution in [3.05, 3.63) is 6.33 Å². The molecule has 1 aromatic rings. The molecule has 0 amide bonds. The first-order valence-corrected chi connectivity index (χ1v) is 8.21. The number of anilines is 2. The van der Waals surface area contributed by atoms with Gasteiger partial charge in [-0.2, -0.15) is 8.42 Å². The van der Waals surface area contributed by atoms with Crippen LogP contribution in [0.2, 0.25) is 0 Å². The molecule has 3 unspecified atom stereocenters. The summed E-state index contributed by atoms with van der Waals surface area (Å²) in [5, 5.41) is 17.9. The van der Waals surface area contributed by atoms with Gasteiger partial charge in [-0.3, -0.25) is 10.0 Å². The summed E-state index contributed by atoms with van der Waals surface area (Å²) in [6, 6.07) is -0.154. The number of rotatable bonds is 7. The predicted octanol–water partition coefficient (Wildman–Crippen LogP) is -1.13. The molecule has 3 atom stereocenters. The minimum Gasteiger partial charge on any atom is -0.393 e. The third-order valence-corrected chi connectivity index (χ3v) is 4.03. The summed E-state index contributed by atoms with van der Waals surface area (Å²) < 4.78 is 26.2. The topological polar surface area (TPSA) is 178 Å². The van der Waals surface area contributed by atoms with Crippen molar-refractivity contribution in [3.8, 4) is 0 Å². The van der Waals surface area contributed by atoms with Gasteiger partial charge in [0.15, 0.2) is 11.6 Å². The number of aliphatic imine (C=N–C) groups is 1. The second-order valence-electron chi connectivity index (χ2n) is 5.14. The molecule has 23 heavy (non-hydrogen) atoms. The van der Waals surface area contributed by atoms with Gasteiger partial charge in [0.1, 0.15) is 12.0 Å². The molecule has 0 aromatic carbocycles. The zero-order valence-corrected chi connectivity index (χ0v) is 13.0. The lowest BCUT2D eigenvalue weighted by Gasteiger charge is -2.16. The van der Waals surface area contributed by atoms with Crippen LogP contribution in [0, 0.1) is 5.92 Å². The van der Waals surface area contributed by atoms with E-state index < -0.39 is 16.4 Å². The van der Waals surface area contributed by atoms with Crippen LogP contribution in [0.1, 0.15) is 12.8 Å². The number of aromatic nitrogens is 2. The summed E-state index contributed by atoms with van der Waals surface area (Å²) >= 11 is 0. The molecule has 11 nitrogen and oxygen atoms in total. The second kappa shape index (κ2) is 7.14. The van der Waals surface area contributed by atoms with Gasteiger partial charge in [0.25, 0.3) is 0 Å². The molecule has 0 aliphatic heterocycles. The van der Waals surface area contributed by atoms with Crippen molar-refractivity contribution >= 4 is 34.3 Å². The lowest BCUT2D eigenvalue weighted by atomic mass is 10.1. The molecule has 2 rings (SSSR count). The highest BCUT2D eigenvalue weighted by Crippen LogP contribution is 2.33. The SMILES string of the molecule is C=Nc1ncnc(NC2CC(O)C(COS(N)(=O)=O)C2)c1NN. The van der Waals surface area contributed by atoms with E-state index in [0.717, 1.165) is 0 Å². The quantitative estimate of drug-likeness (QED) is 0.232. The summed E-state index contributed by atoms with van der Waals surface area (Å²) in [6.07, 6.45) is 1.45. The van der Waals surface area contributed by atoms with E-state index in [-0.39, 0.29) is 24.4 Å². The van der Waals surface area contributed by atoms with Crippen molar-refractivity contribution in [2.24, 2.45) is 21.9 Å². The highest BCUT2D eigenvalue weighted by molar-refractivity contribution is 7.84. The number of hydrazine groups is 1. The maximum absolute atomic E-state index is 10.8. The van der Waals surface area contributed by atoms with Gasteiger partial charge in [-0.1, -0.05) is 0 Å². The normalized spacial score (nSPS) is 24.4. The van der Waals surface area contributed by atoms with Crippen LogP contribution in [-0.4, -0.2) is 49.0 Å². The third kappa shape index (κ3) is 4.56. The van der Waals surface area contributed by atoms with Crippen LogP contribution in [-0.2, 0) is 14.5 Å². The highest BCUT2D eigenvalue weighted by Gasteiger charge is 2.34. The first-order valence-electron chi connectivity index (χ1n) is 6.74. The molecule has 1 saturated carbocycles. The van der Waals surface area contributed by atoms with Gasteiger partial charge < -0.3 is 15.8 Å². The molecular formula is C11H19N7O4S. The van der Waals surface area contributed by atoms with Gasteiger partial charge in [-0.25, -0.2) is 20.1 Å². The Bertz CT molecular complexity index is 668. The minimum absolute atomic E-state index is 0.154. The molecule has 0 bridgehead atoms. The van der Waals surface area contributed by atoms with Crippen LogP contribution in [0.4, 0.5) is 17.3 Å². The Morgan fingerprint density at radius 2 is 2.22 bits per heavy atom. The number of nitrogens with two attached hydrogens (primary N) is 2. The molecule has 0 spiro atoms. The van der Waals surface area contributed by atoms with E-state index in [4.69, 9.17) is 11.0 Å². The van der Waals surface area contributed by atoms with Crippen molar-refractivity contribution in [1.82, 2.24) is 9.97 Å². The fourth-order valence-corrected chi connectivity index (χ4v) is 2.88. The number of nitrogen functional groups attached to an aromatic ring is 1. The Kier molecular flexibility index (Phi) is 5.43. The van der Waals surface area contributed by atoms with Crippen LogP contribution in [0.5, 0.6) is 0 Å². The van der Waals surface area contributed by atoms with Crippen LogP contribution in [0.3, 0.4) is 0 Å². The molecule has 1 aliphatic carbocycles. The Morgan fingerprint density at radius 3 is 2.83 bits per heavy atom. The minimum atomic E-state index is -4.03. The Labute approximate surface area is 133 Å². The zero-order valence-electron chi connectivity index (χ0n) is 12.2. The summed E-state index contributed by atoms with van der Waals surface area (Å²) in [5.41, 5.74) is 2.83. The smallest absolute Gasteiger partial charge is 0.333 e. The maximum Gasteiger partial charge on any atom is 0.333 e. The van der Waals surface area contributed by atoms with Gasteiger partial charge in [0, 0.05) is 12.0 Å². The van der Waals surface area contributed by atoms with Gasteiger partial charge in [-0.05, 0) is 19.6 Å². The monoisotopic (exact) mass is 345 g/mol. The molecule has 1 aromatic heterocycles. The number of nitrogens with one attached hydrogen (secondary N) is 2. The molecule has 12 heteroatoms. The lowest BCUT2D eigenvalue weighted by molar-refractivity contribution is 0.101. The van der Waals surface area contributed by atoms with Crippen molar-refractivity contribution < 1.29 is 17.7 Å². The van der Waals surface area contributed by atoms with E-state index in [1.54, 1.807) is 0 Å². The molecule has 0 saturated heterocycles. The Balaban J connectivity index is 2.04. The van der Waals surface area contributed by atoms with E-state index in [9.17, 15) is 13.5 Å². The molecule has 7 N–H and O–H groups in total. The molecule has 1 fully saturated rings. The summed E-state index contributed by atoms with van der Waals surface area (Å²) in [5.74, 6) is 5.78. The first kappa shape index (κ1) is 17.5. The molecule has 1 aliphatic rings. The van der Waals surface area contributed by atoms with Gasteiger partial charge in [0.2, 0.25) is 0 Å². The van der Waals surface area contributed by atoms with E-state index in [1.807, 2.05) is 0 Å². The number of hydrogen-bond acceptors (Lipinski definition) is 10. The van der Waals surface area contributed by atoms with Gasteiger partial charge >= 0.3 is 10.3 Å². The average molecular weight is 345 g/mol. The summed E-state index contributed by atoms with van der Waals surface area (Å²) in [4.78, 5) is 11.7. The molecule has 128 valence electrons. The van der Waals surface area contributed by atoms with Gasteiger partial charge in [0.05, 0.1) is 12.7 Å². The van der Waals surface area contributed by atoms with Crippen molar-refractivity contribution in [2.45, 2.75) is 25.0 Å². The Morgan fingerprint density at radius 1 is 1.48 bits per heavy atom. The van der Waals surface area contributed by atoms with E-state index in [2.05, 4.69) is 36.6 Å². The summed E-state index contributed by atoms with van der Waals surface area (Å²) in [6.45, 7) is 3.22. The standard InChI is InChI=1S/C11H19N7O4S/c1-14-10-9(18-12)11(16-5-15-10)17-7-2-6(8(19)3-7)4-22-23(13,20)21/h5-8,18-19H,1-4,12H2,(H2,13,20,21)(H,15,16,17). The van der Waals surface area contributed by atoms with E-state index in [0.29, 0.717) is 24.3 Å². The van der Waals surface area contributed by atoms with Crippen LogP contribution in [0.15, 0.2) is 11.3 Å². The second-order valence-corrected chi connectivity index (χ2v) is 6.36. The average Bonchev–Trinajstić information content (AvgIpc) is 2.84. The van der Waals surface area contributed by atoms with Crippen molar-refractivity contribution in [3.63, 3.8) is 0 Å². The third-order valence-electron chi connectivity index (χ3n) is 3.57. The molecule has 0 radical (unpaired) electrons. The highest BCUT2D eigenvalue weighted by atomic mass is 32.2. The fraction of sp³-hybridized carbons (Fsp3) is 0.545. The van der Waals surface area contributed by atoms with Crippen molar-refractivity contribution in [2.75, 3.05) is 17.3 Å². The van der Waals surface area contributed by atoms with Crippen LogP contribution < -0.4 is 21.7 Å². The lowest BCUT2D eigenvalue weighted by Crippen LogP contribution is -2.24. The Hall–Kier alpha value is -1.86. The largest absolute Gasteiger partial charge is 0.393 e. The predicted molar refractivity (Wildman–Crippen MR) is 84.3 cm³/mol. The van der Waals surface area contributed by atoms with Crippen molar-refractivity contribution in [1.29, 1.82) is 0 Å². The fourth-order valence-electron chi connectivity index (χ4n) is 2.51. The van der Waals surface area contributed by atoms with Gasteiger partial charge in [-0.15, -0.1) is 0 Å². The van der Waals surface area contributed by atoms with E-state index in [1.165, 1.54) is 6.33 Å². The number of aliphatic hydroxyl groups excluding tert-OH is 1. The number of aliphatic hydroxyl groups is 1. The first-order chi connectivity index (χ1) is 10.8. The number of nitrogens with zero attached hydrogens (tertiary/aromatic N) is 3. The maximum atomic E-state index is 10.8. The van der Waals surface area contributed by atoms with Crippen LogP contribution in [0.25, 0.3) is 0 Å². The number of hydrogen-bond donors (Lipinski definition) is 5. The molecular weight excluding hydrogens is 326 g/mol. The zero-order chi connectivity index (χ0) is 17.0. The summed E-state index contributed by atoms with van der Waals surface area (Å²) in [7, 11) is -4.03.